The maximum atomic E-state index is 12.8. The fourth-order valence-electron chi connectivity index (χ4n) is 4.18. The molecule has 1 spiro atoms. The number of benzene rings is 1. The van der Waals surface area contributed by atoms with Gasteiger partial charge in [0.2, 0.25) is 5.91 Å². The van der Waals surface area contributed by atoms with Gasteiger partial charge in [0.15, 0.2) is 0 Å². The zero-order valence-electron chi connectivity index (χ0n) is 15.5. The van der Waals surface area contributed by atoms with Crippen molar-refractivity contribution >= 4 is 17.5 Å². The van der Waals surface area contributed by atoms with E-state index in [4.69, 9.17) is 0 Å². The number of anilines is 1. The summed E-state index contributed by atoms with van der Waals surface area (Å²) in [5.41, 5.74) is 2.10. The summed E-state index contributed by atoms with van der Waals surface area (Å²) in [7, 11) is 0. The first-order valence-electron chi connectivity index (χ1n) is 9.48. The molecule has 1 saturated carbocycles. The van der Waals surface area contributed by atoms with Gasteiger partial charge in [-0.3, -0.25) is 14.3 Å². The second-order valence-electron chi connectivity index (χ2n) is 8.20. The van der Waals surface area contributed by atoms with Crippen LogP contribution in [0.15, 0.2) is 36.7 Å². The lowest BCUT2D eigenvalue weighted by atomic mass is 9.94. The van der Waals surface area contributed by atoms with Crippen LogP contribution in [0, 0.1) is 5.92 Å². The maximum absolute atomic E-state index is 12.8. The Morgan fingerprint density at radius 3 is 2.78 bits per heavy atom. The van der Waals surface area contributed by atoms with E-state index >= 15 is 0 Å². The molecule has 7 heteroatoms. The number of amides is 2. The SMILES string of the molecule is CC(C)n1cc(C2CC2C(=O)N2CC3(C2)NC(=O)c2ccccc2N3)cn1. The van der Waals surface area contributed by atoms with Crippen molar-refractivity contribution in [3.05, 3.63) is 47.8 Å². The second-order valence-corrected chi connectivity index (χ2v) is 8.20. The molecule has 3 aliphatic rings. The predicted molar refractivity (Wildman–Crippen MR) is 100 cm³/mol. The molecule has 2 aliphatic heterocycles. The van der Waals surface area contributed by atoms with Gasteiger partial charge in [-0.15, -0.1) is 0 Å². The van der Waals surface area contributed by atoms with E-state index in [1.165, 1.54) is 0 Å². The van der Waals surface area contributed by atoms with E-state index in [-0.39, 0.29) is 23.7 Å². The first-order valence-corrected chi connectivity index (χ1v) is 9.48. The molecule has 5 rings (SSSR count). The van der Waals surface area contributed by atoms with Crippen LogP contribution in [0.5, 0.6) is 0 Å². The number of nitrogens with one attached hydrogen (secondary N) is 2. The van der Waals surface area contributed by atoms with Gasteiger partial charge < -0.3 is 15.5 Å². The molecule has 140 valence electrons. The van der Waals surface area contributed by atoms with E-state index in [1.807, 2.05) is 34.0 Å². The fraction of sp³-hybridized carbons (Fsp3) is 0.450. The van der Waals surface area contributed by atoms with Crippen LogP contribution in [0.25, 0.3) is 0 Å². The van der Waals surface area contributed by atoms with Gasteiger partial charge in [-0.1, -0.05) is 12.1 Å². The quantitative estimate of drug-likeness (QED) is 0.872. The van der Waals surface area contributed by atoms with Crippen LogP contribution in [0.2, 0.25) is 0 Å². The van der Waals surface area contributed by atoms with Gasteiger partial charge in [0.25, 0.3) is 5.91 Å². The Hall–Kier alpha value is -2.83. The van der Waals surface area contributed by atoms with E-state index < -0.39 is 5.66 Å². The number of para-hydroxylation sites is 1. The lowest BCUT2D eigenvalue weighted by Gasteiger charge is -2.53. The zero-order chi connectivity index (χ0) is 18.8. The minimum atomic E-state index is -0.534. The third kappa shape index (κ3) is 2.60. The molecule has 2 N–H and O–H groups in total. The lowest BCUT2D eigenvalue weighted by Crippen LogP contribution is -2.76. The van der Waals surface area contributed by atoms with E-state index in [9.17, 15) is 9.59 Å². The summed E-state index contributed by atoms with van der Waals surface area (Å²) in [5.74, 6) is 0.412. The number of rotatable bonds is 3. The molecule has 1 aliphatic carbocycles. The molecular formula is C20H23N5O2. The molecule has 0 radical (unpaired) electrons. The predicted octanol–water partition coefficient (Wildman–Crippen LogP) is 1.96. The summed E-state index contributed by atoms with van der Waals surface area (Å²) in [6.07, 6.45) is 4.82. The summed E-state index contributed by atoms with van der Waals surface area (Å²) >= 11 is 0. The highest BCUT2D eigenvalue weighted by atomic mass is 16.2. The molecule has 2 unspecified atom stereocenters. The van der Waals surface area contributed by atoms with Crippen molar-refractivity contribution in [2.45, 2.75) is 37.9 Å². The van der Waals surface area contributed by atoms with E-state index in [0.29, 0.717) is 24.7 Å². The molecule has 27 heavy (non-hydrogen) atoms. The van der Waals surface area contributed by atoms with Crippen LogP contribution >= 0.6 is 0 Å². The normalized spacial score (nSPS) is 24.9. The smallest absolute Gasteiger partial charge is 0.255 e. The van der Waals surface area contributed by atoms with Gasteiger partial charge in [0, 0.05) is 23.8 Å². The maximum Gasteiger partial charge on any atom is 0.255 e. The highest BCUT2D eigenvalue weighted by Crippen LogP contribution is 2.49. The van der Waals surface area contributed by atoms with Gasteiger partial charge in [-0.25, -0.2) is 0 Å². The first kappa shape index (κ1) is 16.4. The number of fused-ring (bicyclic) bond motifs is 1. The molecule has 0 bridgehead atoms. The van der Waals surface area contributed by atoms with Crippen molar-refractivity contribution in [2.75, 3.05) is 18.4 Å². The van der Waals surface area contributed by atoms with E-state index in [2.05, 4.69) is 35.8 Å². The molecule has 1 aromatic carbocycles. The third-order valence-electron chi connectivity index (χ3n) is 5.82. The summed E-state index contributed by atoms with van der Waals surface area (Å²) in [5, 5.41) is 10.8. The Bertz CT molecular complexity index is 928. The van der Waals surface area contributed by atoms with Crippen molar-refractivity contribution in [3.8, 4) is 0 Å². The average molecular weight is 365 g/mol. The zero-order valence-corrected chi connectivity index (χ0v) is 15.5. The highest BCUT2D eigenvalue weighted by molar-refractivity contribution is 6.02. The molecule has 2 atom stereocenters. The number of likely N-dealkylation sites (tertiary alicyclic amines) is 1. The van der Waals surface area contributed by atoms with Gasteiger partial charge >= 0.3 is 0 Å². The van der Waals surface area contributed by atoms with Crippen LogP contribution in [0.1, 0.15) is 48.1 Å². The molecule has 1 saturated heterocycles. The van der Waals surface area contributed by atoms with Crippen LogP contribution in [-0.2, 0) is 4.79 Å². The van der Waals surface area contributed by atoms with Crippen molar-refractivity contribution in [1.82, 2.24) is 20.0 Å². The molecule has 2 amide bonds. The Balaban J connectivity index is 1.23. The second kappa shape index (κ2) is 5.58. The topological polar surface area (TPSA) is 79.3 Å². The number of hydrogen-bond acceptors (Lipinski definition) is 4. The minimum Gasteiger partial charge on any atom is -0.359 e. The van der Waals surface area contributed by atoms with Crippen LogP contribution in [-0.4, -0.2) is 45.2 Å². The largest absolute Gasteiger partial charge is 0.359 e. The number of carbonyl (C=O) groups excluding carboxylic acids is 2. The van der Waals surface area contributed by atoms with Crippen LogP contribution < -0.4 is 10.6 Å². The number of nitrogens with zero attached hydrogens (tertiary/aromatic N) is 3. The number of hydrogen-bond donors (Lipinski definition) is 2. The summed E-state index contributed by atoms with van der Waals surface area (Å²) < 4.78 is 1.94. The minimum absolute atomic E-state index is 0.0405. The highest BCUT2D eigenvalue weighted by Gasteiger charge is 2.54. The lowest BCUT2D eigenvalue weighted by molar-refractivity contribution is -0.140. The average Bonchev–Trinajstić information content (AvgIpc) is 3.26. The Morgan fingerprint density at radius 2 is 2.04 bits per heavy atom. The summed E-state index contributed by atoms with van der Waals surface area (Å²) in [6.45, 7) is 5.19. The van der Waals surface area contributed by atoms with Crippen LogP contribution in [0.3, 0.4) is 0 Å². The van der Waals surface area contributed by atoms with Crippen molar-refractivity contribution in [2.24, 2.45) is 5.92 Å². The molecular weight excluding hydrogens is 342 g/mol. The van der Waals surface area contributed by atoms with Crippen LogP contribution in [0.4, 0.5) is 5.69 Å². The molecule has 3 heterocycles. The van der Waals surface area contributed by atoms with E-state index in [1.54, 1.807) is 6.07 Å². The fourth-order valence-corrected chi connectivity index (χ4v) is 4.18. The van der Waals surface area contributed by atoms with Gasteiger partial charge in [-0.05, 0) is 43.9 Å². The van der Waals surface area contributed by atoms with Crippen molar-refractivity contribution < 1.29 is 9.59 Å². The standard InChI is InChI=1S/C20H23N5O2/c1-12(2)25-9-13(8-21-25)15-7-16(15)19(27)24-10-20(11-24)22-17-6-4-3-5-14(17)18(26)23-20/h3-6,8-9,12,15-16,22H,7,10-11H2,1-2H3,(H,23,26). The van der Waals surface area contributed by atoms with E-state index in [0.717, 1.165) is 17.7 Å². The molecule has 2 aromatic rings. The first-order chi connectivity index (χ1) is 13.0. The summed E-state index contributed by atoms with van der Waals surface area (Å²) in [6, 6.07) is 7.79. The van der Waals surface area contributed by atoms with Gasteiger partial charge in [0.1, 0.15) is 5.66 Å². The van der Waals surface area contributed by atoms with Crippen molar-refractivity contribution in [3.63, 3.8) is 0 Å². The Morgan fingerprint density at radius 1 is 1.26 bits per heavy atom. The Labute approximate surface area is 157 Å². The number of aromatic nitrogens is 2. The molecule has 1 aromatic heterocycles. The van der Waals surface area contributed by atoms with Crippen molar-refractivity contribution in [1.29, 1.82) is 0 Å². The molecule has 7 nitrogen and oxygen atoms in total. The third-order valence-corrected chi connectivity index (χ3v) is 5.82. The Kier molecular flexibility index (Phi) is 3.38. The molecule has 2 fully saturated rings. The van der Waals surface area contributed by atoms with Gasteiger partial charge in [0.05, 0.1) is 24.8 Å². The number of carbonyl (C=O) groups is 2. The summed E-state index contributed by atoms with van der Waals surface area (Å²) in [4.78, 5) is 27.0. The monoisotopic (exact) mass is 365 g/mol. The van der Waals surface area contributed by atoms with Gasteiger partial charge in [-0.2, -0.15) is 5.10 Å².